The van der Waals surface area contributed by atoms with Gasteiger partial charge in [0, 0.05) is 23.7 Å². The van der Waals surface area contributed by atoms with Gasteiger partial charge in [0.15, 0.2) is 0 Å². The molecular weight excluding hydrogens is 328 g/mol. The second-order valence-electron chi connectivity index (χ2n) is 3.98. The molecule has 0 aliphatic heterocycles. The van der Waals surface area contributed by atoms with Gasteiger partial charge >= 0.3 is 0 Å². The summed E-state index contributed by atoms with van der Waals surface area (Å²) in [6, 6.07) is 11.5. The van der Waals surface area contributed by atoms with Crippen LogP contribution in [0.1, 0.15) is 11.3 Å². The van der Waals surface area contributed by atoms with Gasteiger partial charge in [0.25, 0.3) is 0 Å². The van der Waals surface area contributed by atoms with Gasteiger partial charge < -0.3 is 10.1 Å². The first-order chi connectivity index (χ1) is 9.20. The van der Waals surface area contributed by atoms with Crippen LogP contribution in [0.25, 0.3) is 0 Å². The molecule has 3 nitrogen and oxygen atoms in total. The number of pyridine rings is 1. The highest BCUT2D eigenvalue weighted by molar-refractivity contribution is 9.10. The Balaban J connectivity index is 2.00. The van der Waals surface area contributed by atoms with Gasteiger partial charge in [-0.1, -0.05) is 23.7 Å². The highest BCUT2D eigenvalue weighted by Crippen LogP contribution is 2.25. The molecule has 2 rings (SSSR count). The number of methoxy groups -OCH3 is 1. The molecule has 0 amide bonds. The predicted molar refractivity (Wildman–Crippen MR) is 80.5 cm³/mol. The van der Waals surface area contributed by atoms with Crippen LogP contribution in [0.2, 0.25) is 5.02 Å². The molecule has 100 valence electrons. The summed E-state index contributed by atoms with van der Waals surface area (Å²) >= 11 is 9.53. The largest absolute Gasteiger partial charge is 0.496 e. The van der Waals surface area contributed by atoms with Crippen LogP contribution >= 0.6 is 27.5 Å². The Labute approximate surface area is 126 Å². The number of benzene rings is 1. The molecule has 0 fully saturated rings. The van der Waals surface area contributed by atoms with E-state index in [0.717, 1.165) is 21.6 Å². The Morgan fingerprint density at radius 1 is 1.21 bits per heavy atom. The Morgan fingerprint density at radius 3 is 2.74 bits per heavy atom. The minimum absolute atomic E-state index is 0.636. The molecule has 0 aliphatic rings. The van der Waals surface area contributed by atoms with Gasteiger partial charge in [-0.05, 0) is 40.2 Å². The van der Waals surface area contributed by atoms with E-state index in [4.69, 9.17) is 16.3 Å². The van der Waals surface area contributed by atoms with Crippen LogP contribution in [-0.4, -0.2) is 12.1 Å². The average molecular weight is 342 g/mol. The molecule has 0 saturated carbocycles. The Hall–Kier alpha value is -1.10. The molecule has 0 unspecified atom stereocenters. The summed E-state index contributed by atoms with van der Waals surface area (Å²) in [5.41, 5.74) is 1.93. The molecule has 2 aromatic rings. The Morgan fingerprint density at radius 2 is 2.00 bits per heavy atom. The maximum Gasteiger partial charge on any atom is 0.124 e. The smallest absolute Gasteiger partial charge is 0.124 e. The predicted octanol–water partition coefficient (Wildman–Crippen LogP) is 3.80. The van der Waals surface area contributed by atoms with E-state index in [1.54, 1.807) is 7.11 Å². The molecule has 1 aromatic carbocycles. The minimum atomic E-state index is 0.636. The van der Waals surface area contributed by atoms with Crippen LogP contribution in [0.4, 0.5) is 0 Å². The lowest BCUT2D eigenvalue weighted by molar-refractivity contribution is 0.407. The van der Waals surface area contributed by atoms with Crippen molar-refractivity contribution in [2.45, 2.75) is 13.1 Å². The first kappa shape index (κ1) is 14.3. The van der Waals surface area contributed by atoms with E-state index >= 15 is 0 Å². The van der Waals surface area contributed by atoms with Crippen molar-refractivity contribution < 1.29 is 4.74 Å². The molecule has 0 bridgehead atoms. The molecule has 0 radical (unpaired) electrons. The van der Waals surface area contributed by atoms with Crippen molar-refractivity contribution in [3.63, 3.8) is 0 Å². The zero-order valence-corrected chi connectivity index (χ0v) is 12.8. The topological polar surface area (TPSA) is 34.1 Å². The molecule has 1 heterocycles. The van der Waals surface area contributed by atoms with Crippen LogP contribution in [-0.2, 0) is 13.1 Å². The standard InChI is InChI=1S/C14H14BrClN2O/c1-19-13-6-3-5-12(16)11(13)9-17-8-10-4-2-7-14(15)18-10/h2-7,17H,8-9H2,1H3. The lowest BCUT2D eigenvalue weighted by Gasteiger charge is -2.11. The van der Waals surface area contributed by atoms with Gasteiger partial charge in [-0.25, -0.2) is 4.98 Å². The number of halogens is 2. The Kier molecular flexibility index (Phi) is 5.19. The van der Waals surface area contributed by atoms with Crippen LogP contribution < -0.4 is 10.1 Å². The summed E-state index contributed by atoms with van der Waals surface area (Å²) in [4.78, 5) is 4.36. The summed E-state index contributed by atoms with van der Waals surface area (Å²) in [6.07, 6.45) is 0. The van der Waals surface area contributed by atoms with E-state index < -0.39 is 0 Å². The maximum absolute atomic E-state index is 6.17. The molecule has 1 N–H and O–H groups in total. The highest BCUT2D eigenvalue weighted by Gasteiger charge is 2.07. The van der Waals surface area contributed by atoms with Crippen molar-refractivity contribution in [3.05, 3.63) is 57.3 Å². The number of hydrogen-bond acceptors (Lipinski definition) is 3. The zero-order chi connectivity index (χ0) is 13.7. The number of rotatable bonds is 5. The summed E-state index contributed by atoms with van der Waals surface area (Å²) < 4.78 is 6.14. The lowest BCUT2D eigenvalue weighted by atomic mass is 10.2. The van der Waals surface area contributed by atoms with Crippen molar-refractivity contribution in [2.75, 3.05) is 7.11 Å². The summed E-state index contributed by atoms with van der Waals surface area (Å²) in [6.45, 7) is 1.31. The van der Waals surface area contributed by atoms with E-state index in [-0.39, 0.29) is 0 Å². The van der Waals surface area contributed by atoms with Crippen molar-refractivity contribution in [1.82, 2.24) is 10.3 Å². The monoisotopic (exact) mass is 340 g/mol. The molecule has 19 heavy (non-hydrogen) atoms. The summed E-state index contributed by atoms with van der Waals surface area (Å²) in [5, 5.41) is 4.02. The molecule has 1 aromatic heterocycles. The van der Waals surface area contributed by atoms with Crippen LogP contribution in [0.15, 0.2) is 41.0 Å². The van der Waals surface area contributed by atoms with E-state index in [0.29, 0.717) is 18.1 Å². The van der Waals surface area contributed by atoms with Gasteiger partial charge in [0.2, 0.25) is 0 Å². The third-order valence-electron chi connectivity index (χ3n) is 2.68. The van der Waals surface area contributed by atoms with Gasteiger partial charge in [-0.2, -0.15) is 0 Å². The van der Waals surface area contributed by atoms with Gasteiger partial charge in [-0.3, -0.25) is 0 Å². The van der Waals surface area contributed by atoms with E-state index in [1.807, 2.05) is 36.4 Å². The first-order valence-electron chi connectivity index (χ1n) is 5.84. The fourth-order valence-corrected chi connectivity index (χ4v) is 2.38. The molecule has 0 aliphatic carbocycles. The van der Waals surface area contributed by atoms with Crippen molar-refractivity contribution in [2.24, 2.45) is 0 Å². The molecule has 5 heteroatoms. The molecule has 0 saturated heterocycles. The second-order valence-corrected chi connectivity index (χ2v) is 5.20. The van der Waals surface area contributed by atoms with Gasteiger partial charge in [0.05, 0.1) is 12.8 Å². The first-order valence-corrected chi connectivity index (χ1v) is 7.01. The minimum Gasteiger partial charge on any atom is -0.496 e. The van der Waals surface area contributed by atoms with Crippen molar-refractivity contribution >= 4 is 27.5 Å². The number of nitrogens with zero attached hydrogens (tertiary/aromatic N) is 1. The number of ether oxygens (including phenoxy) is 1. The molecule has 0 spiro atoms. The molecular formula is C14H14BrClN2O. The van der Waals surface area contributed by atoms with Crippen molar-refractivity contribution in [3.8, 4) is 5.75 Å². The van der Waals surface area contributed by atoms with Gasteiger partial charge in [-0.15, -0.1) is 0 Å². The van der Waals surface area contributed by atoms with Gasteiger partial charge in [0.1, 0.15) is 10.4 Å². The third-order valence-corrected chi connectivity index (χ3v) is 3.47. The summed E-state index contributed by atoms with van der Waals surface area (Å²) in [7, 11) is 1.64. The number of hydrogen-bond donors (Lipinski definition) is 1. The fourth-order valence-electron chi connectivity index (χ4n) is 1.77. The van der Waals surface area contributed by atoms with E-state index in [9.17, 15) is 0 Å². The quantitative estimate of drug-likeness (QED) is 0.840. The zero-order valence-electron chi connectivity index (χ0n) is 10.5. The highest BCUT2D eigenvalue weighted by atomic mass is 79.9. The van der Waals surface area contributed by atoms with E-state index in [1.165, 1.54) is 0 Å². The van der Waals surface area contributed by atoms with E-state index in [2.05, 4.69) is 26.2 Å². The summed E-state index contributed by atoms with van der Waals surface area (Å²) in [5.74, 6) is 0.794. The fraction of sp³-hybridized carbons (Fsp3) is 0.214. The third kappa shape index (κ3) is 3.93. The SMILES string of the molecule is COc1cccc(Cl)c1CNCc1cccc(Br)n1. The van der Waals surface area contributed by atoms with Crippen LogP contribution in [0.5, 0.6) is 5.75 Å². The average Bonchev–Trinajstić information content (AvgIpc) is 2.40. The Bertz CT molecular complexity index is 563. The molecule has 0 atom stereocenters. The van der Waals surface area contributed by atoms with Crippen LogP contribution in [0, 0.1) is 0 Å². The second kappa shape index (κ2) is 6.89. The van der Waals surface area contributed by atoms with Crippen LogP contribution in [0.3, 0.4) is 0 Å². The maximum atomic E-state index is 6.17. The van der Waals surface area contributed by atoms with Crippen molar-refractivity contribution in [1.29, 1.82) is 0 Å². The number of nitrogens with one attached hydrogen (secondary N) is 1. The normalized spacial score (nSPS) is 10.5. The number of aromatic nitrogens is 1. The lowest BCUT2D eigenvalue weighted by Crippen LogP contribution is -2.14.